The van der Waals surface area contributed by atoms with Crippen LogP contribution in [0.25, 0.3) is 0 Å². The molecule has 1 rings (SSSR count). The number of ether oxygens (including phenoxy) is 1. The smallest absolute Gasteiger partial charge is 0.416 e. The van der Waals surface area contributed by atoms with E-state index in [-0.39, 0.29) is 17.2 Å². The maximum absolute atomic E-state index is 12.5. The number of rotatable bonds is 6. The highest BCUT2D eigenvalue weighted by atomic mass is 32.2. The van der Waals surface area contributed by atoms with Crippen molar-refractivity contribution in [3.8, 4) is 0 Å². The number of esters is 1. The van der Waals surface area contributed by atoms with Crippen LogP contribution in [0.4, 0.5) is 13.2 Å². The van der Waals surface area contributed by atoms with Crippen LogP contribution in [0.3, 0.4) is 0 Å². The zero-order chi connectivity index (χ0) is 17.8. The van der Waals surface area contributed by atoms with Gasteiger partial charge in [-0.05, 0) is 36.6 Å². The van der Waals surface area contributed by atoms with E-state index in [0.717, 1.165) is 19.2 Å². The molecule has 0 radical (unpaired) electrons. The van der Waals surface area contributed by atoms with Crippen molar-refractivity contribution in [2.75, 3.05) is 7.11 Å². The number of carbonyl (C=O) groups is 1. The van der Waals surface area contributed by atoms with Crippen molar-refractivity contribution in [1.29, 1.82) is 0 Å². The predicted octanol–water partition coefficient (Wildman–Crippen LogP) is 2.57. The Bertz CT molecular complexity index is 639. The van der Waals surface area contributed by atoms with Crippen molar-refractivity contribution in [1.82, 2.24) is 4.72 Å². The van der Waals surface area contributed by atoms with Gasteiger partial charge in [0.1, 0.15) is 6.04 Å². The third-order valence-corrected chi connectivity index (χ3v) is 4.47. The monoisotopic (exact) mass is 353 g/mol. The Hall–Kier alpha value is -1.61. The van der Waals surface area contributed by atoms with Crippen molar-refractivity contribution in [3.05, 3.63) is 29.8 Å². The molecule has 9 heteroatoms. The van der Waals surface area contributed by atoms with Gasteiger partial charge in [-0.1, -0.05) is 13.8 Å². The maximum Gasteiger partial charge on any atom is 0.416 e. The summed E-state index contributed by atoms with van der Waals surface area (Å²) in [5.74, 6) is -0.747. The third-order valence-electron chi connectivity index (χ3n) is 2.98. The molecule has 23 heavy (non-hydrogen) atoms. The number of carbonyl (C=O) groups excluding carboxylic acids is 1. The molecule has 0 saturated heterocycles. The van der Waals surface area contributed by atoms with Gasteiger partial charge in [-0.2, -0.15) is 17.9 Å². The van der Waals surface area contributed by atoms with Gasteiger partial charge in [0.05, 0.1) is 17.6 Å². The summed E-state index contributed by atoms with van der Waals surface area (Å²) in [6, 6.07) is 1.92. The van der Waals surface area contributed by atoms with Crippen LogP contribution < -0.4 is 4.72 Å². The highest BCUT2D eigenvalue weighted by Crippen LogP contribution is 2.29. The van der Waals surface area contributed by atoms with Crippen LogP contribution in [0.15, 0.2) is 29.2 Å². The van der Waals surface area contributed by atoms with Crippen molar-refractivity contribution >= 4 is 16.0 Å². The molecule has 0 aliphatic heterocycles. The van der Waals surface area contributed by atoms with Crippen LogP contribution in [-0.4, -0.2) is 27.5 Å². The molecule has 5 nitrogen and oxygen atoms in total. The van der Waals surface area contributed by atoms with Crippen LogP contribution in [0.5, 0.6) is 0 Å². The number of methoxy groups -OCH3 is 1. The van der Waals surface area contributed by atoms with Crippen LogP contribution in [0, 0.1) is 5.92 Å². The van der Waals surface area contributed by atoms with Crippen LogP contribution in [-0.2, 0) is 25.7 Å². The van der Waals surface area contributed by atoms with E-state index in [2.05, 4.69) is 9.46 Å². The molecule has 1 N–H and O–H groups in total. The molecule has 0 aromatic heterocycles. The Labute approximate surface area is 132 Å². The molecule has 1 aromatic carbocycles. The van der Waals surface area contributed by atoms with Crippen molar-refractivity contribution in [2.45, 2.75) is 37.4 Å². The highest BCUT2D eigenvalue weighted by molar-refractivity contribution is 7.89. The SMILES string of the molecule is COC(=O)C(CC(C)C)NS(=O)(=O)c1ccc(C(F)(F)F)cc1. The van der Waals surface area contributed by atoms with Crippen LogP contribution in [0.1, 0.15) is 25.8 Å². The van der Waals surface area contributed by atoms with Crippen molar-refractivity contribution in [2.24, 2.45) is 5.92 Å². The fourth-order valence-electron chi connectivity index (χ4n) is 1.88. The molecule has 0 amide bonds. The van der Waals surface area contributed by atoms with E-state index in [9.17, 15) is 26.4 Å². The molecule has 0 fully saturated rings. The molecule has 0 aliphatic rings. The lowest BCUT2D eigenvalue weighted by Gasteiger charge is -2.18. The second-order valence-corrected chi connectivity index (χ2v) is 7.06. The lowest BCUT2D eigenvalue weighted by atomic mass is 10.1. The lowest BCUT2D eigenvalue weighted by molar-refractivity contribution is -0.143. The molecule has 0 aliphatic carbocycles. The summed E-state index contributed by atoms with van der Waals surface area (Å²) < 4.78 is 68.6. The van der Waals surface area contributed by atoms with E-state index in [0.29, 0.717) is 12.1 Å². The topological polar surface area (TPSA) is 72.5 Å². The van der Waals surface area contributed by atoms with Gasteiger partial charge in [-0.15, -0.1) is 0 Å². The van der Waals surface area contributed by atoms with Gasteiger partial charge >= 0.3 is 12.1 Å². The van der Waals surface area contributed by atoms with E-state index in [4.69, 9.17) is 0 Å². The minimum absolute atomic E-state index is 0.00871. The standard InChI is InChI=1S/C14H18F3NO4S/c1-9(2)8-12(13(19)22-3)18-23(20,21)11-6-4-10(5-7-11)14(15,16)17/h4-7,9,12,18H,8H2,1-3H3. The normalized spacial score (nSPS) is 13.9. The summed E-state index contributed by atoms with van der Waals surface area (Å²) in [5.41, 5.74) is -0.955. The van der Waals surface area contributed by atoms with E-state index < -0.39 is 33.8 Å². The summed E-state index contributed by atoms with van der Waals surface area (Å²) in [4.78, 5) is 11.3. The van der Waals surface area contributed by atoms with Crippen LogP contribution in [0.2, 0.25) is 0 Å². The second-order valence-electron chi connectivity index (χ2n) is 5.35. The number of hydrogen-bond acceptors (Lipinski definition) is 4. The van der Waals surface area contributed by atoms with Gasteiger partial charge in [0.25, 0.3) is 0 Å². The van der Waals surface area contributed by atoms with E-state index in [1.54, 1.807) is 13.8 Å². The lowest BCUT2D eigenvalue weighted by Crippen LogP contribution is -2.42. The third kappa shape index (κ3) is 5.51. The summed E-state index contributed by atoms with van der Waals surface area (Å²) in [7, 11) is -3.01. The molecular weight excluding hydrogens is 335 g/mol. The van der Waals surface area contributed by atoms with Gasteiger partial charge in [-0.25, -0.2) is 8.42 Å². The molecule has 130 valence electrons. The number of benzene rings is 1. The second kappa shape index (κ2) is 7.31. The Morgan fingerprint density at radius 2 is 1.74 bits per heavy atom. The van der Waals surface area contributed by atoms with Crippen molar-refractivity contribution < 1.29 is 31.1 Å². The minimum Gasteiger partial charge on any atom is -0.468 e. The zero-order valence-electron chi connectivity index (χ0n) is 12.8. The number of alkyl halides is 3. The fraction of sp³-hybridized carbons (Fsp3) is 0.500. The Morgan fingerprint density at radius 3 is 2.13 bits per heavy atom. The summed E-state index contributed by atoms with van der Waals surface area (Å²) in [6.45, 7) is 3.59. The van der Waals surface area contributed by atoms with Gasteiger partial charge in [-0.3, -0.25) is 4.79 Å². The molecule has 0 spiro atoms. The molecular formula is C14H18F3NO4S. The van der Waals surface area contributed by atoms with Gasteiger partial charge in [0, 0.05) is 0 Å². The van der Waals surface area contributed by atoms with Crippen molar-refractivity contribution in [3.63, 3.8) is 0 Å². The first kappa shape index (κ1) is 19.4. The molecule has 1 aromatic rings. The summed E-state index contributed by atoms with van der Waals surface area (Å²) in [5, 5.41) is 0. The maximum atomic E-state index is 12.5. The average molecular weight is 353 g/mol. The highest BCUT2D eigenvalue weighted by Gasteiger charge is 2.31. The molecule has 0 heterocycles. The zero-order valence-corrected chi connectivity index (χ0v) is 13.7. The predicted molar refractivity (Wildman–Crippen MR) is 77.0 cm³/mol. The molecule has 0 saturated carbocycles. The Morgan fingerprint density at radius 1 is 1.22 bits per heavy atom. The minimum atomic E-state index is -4.55. The summed E-state index contributed by atoms with van der Waals surface area (Å²) >= 11 is 0. The van der Waals surface area contributed by atoms with E-state index >= 15 is 0 Å². The number of sulfonamides is 1. The van der Waals surface area contributed by atoms with Gasteiger partial charge in [0.15, 0.2) is 0 Å². The molecule has 1 unspecified atom stereocenters. The van der Waals surface area contributed by atoms with E-state index in [1.165, 1.54) is 0 Å². The first-order chi connectivity index (χ1) is 10.5. The number of halogens is 3. The quantitative estimate of drug-likeness (QED) is 0.798. The largest absolute Gasteiger partial charge is 0.468 e. The number of nitrogens with one attached hydrogen (secondary N) is 1. The Kier molecular flexibility index (Phi) is 6.18. The first-order valence-electron chi connectivity index (χ1n) is 6.74. The molecule has 0 bridgehead atoms. The number of hydrogen-bond donors (Lipinski definition) is 1. The van der Waals surface area contributed by atoms with Crippen LogP contribution >= 0.6 is 0 Å². The Balaban J connectivity index is 3.03. The van der Waals surface area contributed by atoms with Gasteiger partial charge < -0.3 is 4.74 Å². The van der Waals surface area contributed by atoms with Gasteiger partial charge in [0.2, 0.25) is 10.0 Å². The van der Waals surface area contributed by atoms with E-state index in [1.807, 2.05) is 0 Å². The summed E-state index contributed by atoms with van der Waals surface area (Å²) in [6.07, 6.45) is -4.35. The first-order valence-corrected chi connectivity index (χ1v) is 8.23. The fourth-order valence-corrected chi connectivity index (χ4v) is 3.08. The average Bonchev–Trinajstić information content (AvgIpc) is 2.44. The molecule has 1 atom stereocenters.